The van der Waals surface area contributed by atoms with E-state index < -0.39 is 0 Å². The van der Waals surface area contributed by atoms with Crippen molar-refractivity contribution in [1.82, 2.24) is 0 Å². The third-order valence-electron chi connectivity index (χ3n) is 4.07. The maximum atomic E-state index is 6.26. The zero-order valence-corrected chi connectivity index (χ0v) is 13.5. The molecule has 0 fully saturated rings. The van der Waals surface area contributed by atoms with Gasteiger partial charge >= 0.3 is 0 Å². The van der Waals surface area contributed by atoms with Crippen LogP contribution in [0.2, 0.25) is 0 Å². The Balaban J connectivity index is 2.00. The molecule has 0 amide bonds. The number of benzene rings is 2. The van der Waals surface area contributed by atoms with Gasteiger partial charge in [-0.3, -0.25) is 4.90 Å². The molecule has 112 valence electrons. The fraction of sp³-hybridized carbons (Fsp3) is 0.211. The van der Waals surface area contributed by atoms with Crippen molar-refractivity contribution in [3.05, 3.63) is 77.3 Å². The zero-order chi connectivity index (χ0) is 15.9. The summed E-state index contributed by atoms with van der Waals surface area (Å²) in [6.45, 7) is 11.8. The van der Waals surface area contributed by atoms with Crippen molar-refractivity contribution in [3.8, 4) is 0 Å². The molecule has 3 nitrogen and oxygen atoms in total. The molecule has 0 aromatic heterocycles. The van der Waals surface area contributed by atoms with E-state index in [0.29, 0.717) is 5.82 Å². The van der Waals surface area contributed by atoms with E-state index in [2.05, 4.69) is 70.8 Å². The Morgan fingerprint density at radius 2 is 1.23 bits per heavy atom. The van der Waals surface area contributed by atoms with E-state index in [4.69, 9.17) is 5.73 Å². The van der Waals surface area contributed by atoms with Crippen LogP contribution in [0.5, 0.6) is 0 Å². The number of anilines is 2. The second-order valence-corrected chi connectivity index (χ2v) is 5.84. The van der Waals surface area contributed by atoms with Crippen LogP contribution in [0.3, 0.4) is 0 Å². The van der Waals surface area contributed by atoms with Crippen molar-refractivity contribution in [2.45, 2.75) is 27.7 Å². The highest BCUT2D eigenvalue weighted by Gasteiger charge is 2.27. The van der Waals surface area contributed by atoms with Crippen LogP contribution in [0.4, 0.5) is 11.4 Å². The van der Waals surface area contributed by atoms with Crippen molar-refractivity contribution in [1.29, 1.82) is 0 Å². The molecule has 0 saturated heterocycles. The third-order valence-corrected chi connectivity index (χ3v) is 4.07. The Bertz CT molecular complexity index is 706. The lowest BCUT2D eigenvalue weighted by Crippen LogP contribution is -2.25. The first-order chi connectivity index (χ1) is 10.5. The first kappa shape index (κ1) is 14.5. The maximum absolute atomic E-state index is 6.26. The summed E-state index contributed by atoms with van der Waals surface area (Å²) in [5.74, 6) is 0.681. The standard InChI is InChI=1S/C19H21N3/c1-13-7-5-8-14(2)18(13)21-11-17(20)22(12-21)19-15(3)9-6-10-16(19)4/h5-11H,20H2,1-4H3. The van der Waals surface area contributed by atoms with Crippen molar-refractivity contribution in [3.63, 3.8) is 0 Å². The Hall–Kier alpha value is -2.42. The molecule has 3 rings (SSSR count). The number of para-hydroxylation sites is 2. The predicted octanol–water partition coefficient (Wildman–Crippen LogP) is 4.00. The number of nitrogens with zero attached hydrogens (tertiary/aromatic N) is 2. The molecule has 2 N–H and O–H groups in total. The van der Waals surface area contributed by atoms with Crippen molar-refractivity contribution in [2.24, 2.45) is 5.73 Å². The molecular weight excluding hydrogens is 270 g/mol. The van der Waals surface area contributed by atoms with E-state index in [-0.39, 0.29) is 0 Å². The molecule has 1 heterocycles. The van der Waals surface area contributed by atoms with Crippen molar-refractivity contribution in [2.75, 3.05) is 9.80 Å². The molecule has 0 atom stereocenters. The molecule has 0 spiro atoms. The van der Waals surface area contributed by atoms with Crippen LogP contribution < -0.4 is 15.5 Å². The maximum Gasteiger partial charge on any atom is 0.219 e. The predicted molar refractivity (Wildman–Crippen MR) is 92.3 cm³/mol. The summed E-state index contributed by atoms with van der Waals surface area (Å²) in [5.41, 5.74) is 13.3. The zero-order valence-electron chi connectivity index (χ0n) is 13.5. The van der Waals surface area contributed by atoms with Crippen LogP contribution in [0, 0.1) is 34.4 Å². The molecule has 2 aromatic carbocycles. The number of hydrogen-bond acceptors (Lipinski definition) is 3. The summed E-state index contributed by atoms with van der Waals surface area (Å²) in [6.07, 6.45) is 1.93. The highest BCUT2D eigenvalue weighted by Crippen LogP contribution is 2.35. The van der Waals surface area contributed by atoms with Gasteiger partial charge in [0, 0.05) is 11.9 Å². The van der Waals surface area contributed by atoms with E-state index in [9.17, 15) is 0 Å². The summed E-state index contributed by atoms with van der Waals surface area (Å²) in [7, 11) is 0. The van der Waals surface area contributed by atoms with Crippen molar-refractivity contribution >= 4 is 11.4 Å². The van der Waals surface area contributed by atoms with Crippen LogP contribution in [0.25, 0.3) is 0 Å². The second-order valence-electron chi connectivity index (χ2n) is 5.84. The average molecular weight is 291 g/mol. The SMILES string of the molecule is Cc1cccc(C)c1N1[C]N(c2c(C)cccc2C)C(N)=C1. The van der Waals surface area contributed by atoms with Gasteiger partial charge in [-0.25, -0.2) is 0 Å². The molecule has 2 aromatic rings. The van der Waals surface area contributed by atoms with Crippen LogP contribution in [0.15, 0.2) is 48.4 Å². The average Bonchev–Trinajstić information content (AvgIpc) is 2.80. The van der Waals surface area contributed by atoms with Gasteiger partial charge in [-0.2, -0.15) is 0 Å². The van der Waals surface area contributed by atoms with E-state index in [0.717, 1.165) is 11.4 Å². The van der Waals surface area contributed by atoms with Crippen molar-refractivity contribution < 1.29 is 0 Å². The second kappa shape index (κ2) is 5.41. The van der Waals surface area contributed by atoms with E-state index in [1.165, 1.54) is 22.3 Å². The third kappa shape index (κ3) is 2.33. The van der Waals surface area contributed by atoms with Crippen LogP contribution in [-0.2, 0) is 0 Å². The smallest absolute Gasteiger partial charge is 0.219 e. The van der Waals surface area contributed by atoms with Gasteiger partial charge in [0.2, 0.25) is 6.67 Å². The van der Waals surface area contributed by atoms with Crippen LogP contribution in [0.1, 0.15) is 22.3 Å². The van der Waals surface area contributed by atoms with E-state index >= 15 is 0 Å². The number of hydrogen-bond donors (Lipinski definition) is 1. The fourth-order valence-electron chi connectivity index (χ4n) is 3.02. The quantitative estimate of drug-likeness (QED) is 0.907. The molecule has 0 unspecified atom stereocenters. The lowest BCUT2D eigenvalue weighted by atomic mass is 10.1. The number of nitrogens with two attached hydrogens (primary N) is 1. The first-order valence-electron chi connectivity index (χ1n) is 7.44. The topological polar surface area (TPSA) is 32.5 Å². The lowest BCUT2D eigenvalue weighted by molar-refractivity contribution is 1.03. The van der Waals surface area contributed by atoms with Gasteiger partial charge < -0.3 is 10.6 Å². The highest BCUT2D eigenvalue weighted by molar-refractivity contribution is 5.72. The highest BCUT2D eigenvalue weighted by atomic mass is 15.4. The van der Waals surface area contributed by atoms with Gasteiger partial charge in [0.05, 0.1) is 5.69 Å². The molecule has 2 radical (unpaired) electrons. The summed E-state index contributed by atoms with van der Waals surface area (Å²) in [5, 5.41) is 0. The Morgan fingerprint density at radius 3 is 1.73 bits per heavy atom. The lowest BCUT2D eigenvalue weighted by Gasteiger charge is -2.25. The molecule has 0 saturated carbocycles. The minimum atomic E-state index is 0.681. The van der Waals surface area contributed by atoms with Crippen LogP contribution >= 0.6 is 0 Å². The molecule has 1 aliphatic heterocycles. The van der Waals surface area contributed by atoms with Crippen LogP contribution in [-0.4, -0.2) is 0 Å². The molecule has 0 aliphatic carbocycles. The largest absolute Gasteiger partial charge is 0.384 e. The fourth-order valence-corrected chi connectivity index (χ4v) is 3.02. The molecule has 22 heavy (non-hydrogen) atoms. The van der Waals surface area contributed by atoms with Gasteiger partial charge in [-0.1, -0.05) is 36.4 Å². The number of rotatable bonds is 2. The first-order valence-corrected chi connectivity index (χ1v) is 7.44. The van der Waals surface area contributed by atoms with E-state index in [1.807, 2.05) is 16.0 Å². The summed E-state index contributed by atoms with van der Waals surface area (Å²) in [6, 6.07) is 12.5. The molecular formula is C19H21N3. The Morgan fingerprint density at radius 1 is 0.773 bits per heavy atom. The summed E-state index contributed by atoms with van der Waals surface area (Å²) >= 11 is 0. The number of aryl methyl sites for hydroxylation is 4. The van der Waals surface area contributed by atoms with Gasteiger partial charge in [0.15, 0.2) is 0 Å². The Kier molecular flexibility index (Phi) is 3.57. The monoisotopic (exact) mass is 291 g/mol. The van der Waals surface area contributed by atoms with Gasteiger partial charge in [0.1, 0.15) is 5.82 Å². The molecule has 1 aliphatic rings. The Labute approximate surface area is 132 Å². The van der Waals surface area contributed by atoms with Gasteiger partial charge in [-0.05, 0) is 49.9 Å². The van der Waals surface area contributed by atoms with Gasteiger partial charge in [0.25, 0.3) is 0 Å². The van der Waals surface area contributed by atoms with E-state index in [1.54, 1.807) is 0 Å². The molecule has 3 heteroatoms. The normalized spacial score (nSPS) is 14.5. The molecule has 0 bridgehead atoms. The minimum Gasteiger partial charge on any atom is -0.384 e. The van der Waals surface area contributed by atoms with Gasteiger partial charge in [-0.15, -0.1) is 0 Å². The minimum absolute atomic E-state index is 0.681. The summed E-state index contributed by atoms with van der Waals surface area (Å²) < 4.78 is 0. The summed E-state index contributed by atoms with van der Waals surface area (Å²) in [4.78, 5) is 3.93.